The fourth-order valence-corrected chi connectivity index (χ4v) is 4.78. The predicted molar refractivity (Wildman–Crippen MR) is 91.9 cm³/mol. The number of carbonyl (C=O) groups is 1. The van der Waals surface area contributed by atoms with Crippen LogP contribution in [0.1, 0.15) is 31.2 Å². The highest BCUT2D eigenvalue weighted by atomic mass is 32.2. The van der Waals surface area contributed by atoms with Gasteiger partial charge in [0.1, 0.15) is 0 Å². The third kappa shape index (κ3) is 3.96. The molecule has 1 aromatic rings. The zero-order valence-corrected chi connectivity index (χ0v) is 14.6. The van der Waals surface area contributed by atoms with E-state index >= 15 is 0 Å². The molecule has 2 aliphatic rings. The Hall–Kier alpha value is -1.44. The molecule has 2 aliphatic heterocycles. The minimum absolute atomic E-state index is 0.0357. The summed E-state index contributed by atoms with van der Waals surface area (Å²) in [6.45, 7) is 3.36. The Bertz CT molecular complexity index is 661. The summed E-state index contributed by atoms with van der Waals surface area (Å²) in [5.41, 5.74) is 0.910. The number of hydrogen-bond acceptors (Lipinski definition) is 4. The van der Waals surface area contributed by atoms with Crippen molar-refractivity contribution in [2.45, 2.75) is 37.1 Å². The maximum atomic E-state index is 12.5. The molecule has 0 spiro atoms. The quantitative estimate of drug-likeness (QED) is 0.832. The largest absolute Gasteiger partial charge is 0.352 e. The van der Waals surface area contributed by atoms with Crippen LogP contribution >= 0.6 is 0 Å². The maximum absolute atomic E-state index is 12.5. The van der Waals surface area contributed by atoms with Crippen LogP contribution in [0.25, 0.3) is 0 Å². The molecule has 24 heavy (non-hydrogen) atoms. The van der Waals surface area contributed by atoms with E-state index in [-0.39, 0.29) is 11.8 Å². The SMILES string of the molecule is O=C(NCc1ccc(S(=O)(=O)N2CCCC2)cc1)C1CCCNC1. The molecule has 1 atom stereocenters. The molecule has 1 aromatic carbocycles. The lowest BCUT2D eigenvalue weighted by molar-refractivity contribution is -0.125. The number of hydrogen-bond donors (Lipinski definition) is 2. The second-order valence-electron chi connectivity index (χ2n) is 6.52. The molecule has 1 unspecified atom stereocenters. The van der Waals surface area contributed by atoms with Crippen LogP contribution in [0.15, 0.2) is 29.2 Å². The van der Waals surface area contributed by atoms with E-state index < -0.39 is 10.0 Å². The van der Waals surface area contributed by atoms with Crippen LogP contribution in [-0.4, -0.2) is 44.8 Å². The Morgan fingerprint density at radius 3 is 2.50 bits per heavy atom. The van der Waals surface area contributed by atoms with Crippen molar-refractivity contribution in [3.8, 4) is 0 Å². The van der Waals surface area contributed by atoms with Crippen LogP contribution in [0.4, 0.5) is 0 Å². The molecule has 0 saturated carbocycles. The van der Waals surface area contributed by atoms with Gasteiger partial charge in [0.25, 0.3) is 0 Å². The number of piperidine rings is 1. The van der Waals surface area contributed by atoms with Gasteiger partial charge in [-0.05, 0) is 49.9 Å². The van der Waals surface area contributed by atoms with Gasteiger partial charge in [-0.3, -0.25) is 4.79 Å². The van der Waals surface area contributed by atoms with Crippen molar-refractivity contribution in [3.05, 3.63) is 29.8 Å². The number of rotatable bonds is 5. The molecular formula is C17H25N3O3S. The normalized spacial score (nSPS) is 22.4. The van der Waals surface area contributed by atoms with E-state index in [1.54, 1.807) is 28.6 Å². The average molecular weight is 351 g/mol. The van der Waals surface area contributed by atoms with Crippen molar-refractivity contribution in [1.29, 1.82) is 0 Å². The molecule has 132 valence electrons. The van der Waals surface area contributed by atoms with Gasteiger partial charge in [0.05, 0.1) is 10.8 Å². The summed E-state index contributed by atoms with van der Waals surface area (Å²) in [6.07, 6.45) is 3.81. The number of amides is 1. The van der Waals surface area contributed by atoms with Crippen LogP contribution in [0.5, 0.6) is 0 Å². The second-order valence-corrected chi connectivity index (χ2v) is 8.45. The number of nitrogens with zero attached hydrogens (tertiary/aromatic N) is 1. The first-order valence-corrected chi connectivity index (χ1v) is 10.1. The lowest BCUT2D eigenvalue weighted by atomic mass is 9.99. The van der Waals surface area contributed by atoms with Crippen molar-refractivity contribution in [2.75, 3.05) is 26.2 Å². The van der Waals surface area contributed by atoms with Crippen molar-refractivity contribution in [2.24, 2.45) is 5.92 Å². The van der Waals surface area contributed by atoms with Gasteiger partial charge in [0.2, 0.25) is 15.9 Å². The molecule has 0 aliphatic carbocycles. The molecule has 6 nitrogen and oxygen atoms in total. The van der Waals surface area contributed by atoms with Crippen molar-refractivity contribution in [3.63, 3.8) is 0 Å². The molecule has 0 bridgehead atoms. The Labute approximate surface area is 143 Å². The highest BCUT2D eigenvalue weighted by molar-refractivity contribution is 7.89. The third-order valence-electron chi connectivity index (χ3n) is 4.76. The number of carbonyl (C=O) groups excluding carboxylic acids is 1. The summed E-state index contributed by atoms with van der Waals surface area (Å²) >= 11 is 0. The zero-order chi connectivity index (χ0) is 17.0. The summed E-state index contributed by atoms with van der Waals surface area (Å²) < 4.78 is 26.5. The smallest absolute Gasteiger partial charge is 0.243 e. The molecule has 7 heteroatoms. The first kappa shape index (κ1) is 17.4. The topological polar surface area (TPSA) is 78.5 Å². The Kier molecular flexibility index (Phi) is 5.53. The van der Waals surface area contributed by atoms with Crippen molar-refractivity contribution in [1.82, 2.24) is 14.9 Å². The van der Waals surface area contributed by atoms with E-state index in [0.717, 1.165) is 44.3 Å². The molecule has 0 aromatic heterocycles. The van der Waals surface area contributed by atoms with Gasteiger partial charge in [0, 0.05) is 26.2 Å². The lowest BCUT2D eigenvalue weighted by Gasteiger charge is -2.22. The number of nitrogens with one attached hydrogen (secondary N) is 2. The fourth-order valence-electron chi connectivity index (χ4n) is 3.27. The third-order valence-corrected chi connectivity index (χ3v) is 6.67. The van der Waals surface area contributed by atoms with E-state index in [2.05, 4.69) is 10.6 Å². The number of sulfonamides is 1. The summed E-state index contributed by atoms with van der Waals surface area (Å²) in [5, 5.41) is 6.18. The highest BCUT2D eigenvalue weighted by Crippen LogP contribution is 2.21. The maximum Gasteiger partial charge on any atom is 0.243 e. The molecule has 1 amide bonds. The summed E-state index contributed by atoms with van der Waals surface area (Å²) in [6, 6.07) is 6.83. The standard InChI is InChI=1S/C17H25N3O3S/c21-17(15-4-3-9-18-13-15)19-12-14-5-7-16(8-6-14)24(22,23)20-10-1-2-11-20/h5-8,15,18H,1-4,9-13H2,(H,19,21). The van der Waals surface area contributed by atoms with Crippen LogP contribution in [-0.2, 0) is 21.4 Å². The fraction of sp³-hybridized carbons (Fsp3) is 0.588. The van der Waals surface area contributed by atoms with Crippen molar-refractivity contribution >= 4 is 15.9 Å². The van der Waals surface area contributed by atoms with Gasteiger partial charge >= 0.3 is 0 Å². The summed E-state index contributed by atoms with van der Waals surface area (Å²) in [7, 11) is -3.37. The van der Waals surface area contributed by atoms with Crippen LogP contribution in [0.2, 0.25) is 0 Å². The highest BCUT2D eigenvalue weighted by Gasteiger charge is 2.27. The van der Waals surface area contributed by atoms with Crippen LogP contribution < -0.4 is 10.6 Å². The van der Waals surface area contributed by atoms with Crippen molar-refractivity contribution < 1.29 is 13.2 Å². The van der Waals surface area contributed by atoms with E-state index in [1.807, 2.05) is 0 Å². The Morgan fingerprint density at radius 1 is 1.17 bits per heavy atom. The van der Waals surface area contributed by atoms with Gasteiger partial charge in [-0.1, -0.05) is 12.1 Å². The minimum atomic E-state index is -3.37. The first-order valence-electron chi connectivity index (χ1n) is 8.65. The Balaban J connectivity index is 1.57. The van der Waals surface area contributed by atoms with E-state index in [4.69, 9.17) is 0 Å². The molecule has 2 saturated heterocycles. The molecule has 2 N–H and O–H groups in total. The van der Waals surface area contributed by atoms with E-state index in [9.17, 15) is 13.2 Å². The molecular weight excluding hydrogens is 326 g/mol. The van der Waals surface area contributed by atoms with E-state index in [0.29, 0.717) is 24.5 Å². The van der Waals surface area contributed by atoms with Gasteiger partial charge in [-0.25, -0.2) is 8.42 Å². The second kappa shape index (κ2) is 7.63. The summed E-state index contributed by atoms with van der Waals surface area (Å²) in [4.78, 5) is 12.4. The predicted octanol–water partition coefficient (Wildman–Crippen LogP) is 1.09. The first-order chi connectivity index (χ1) is 11.6. The number of benzene rings is 1. The van der Waals surface area contributed by atoms with Gasteiger partial charge in [-0.15, -0.1) is 0 Å². The lowest BCUT2D eigenvalue weighted by Crippen LogP contribution is -2.40. The molecule has 0 radical (unpaired) electrons. The van der Waals surface area contributed by atoms with Gasteiger partial charge in [-0.2, -0.15) is 4.31 Å². The summed E-state index contributed by atoms with van der Waals surface area (Å²) in [5.74, 6) is 0.101. The average Bonchev–Trinajstić information content (AvgIpc) is 3.16. The van der Waals surface area contributed by atoms with Gasteiger partial charge in [0.15, 0.2) is 0 Å². The van der Waals surface area contributed by atoms with E-state index in [1.165, 1.54) is 0 Å². The monoisotopic (exact) mass is 351 g/mol. The van der Waals surface area contributed by atoms with Crippen LogP contribution in [0, 0.1) is 5.92 Å². The zero-order valence-electron chi connectivity index (χ0n) is 13.8. The minimum Gasteiger partial charge on any atom is -0.352 e. The molecule has 2 heterocycles. The van der Waals surface area contributed by atoms with Gasteiger partial charge < -0.3 is 10.6 Å². The Morgan fingerprint density at radius 2 is 1.88 bits per heavy atom. The van der Waals surface area contributed by atoms with Crippen LogP contribution in [0.3, 0.4) is 0 Å². The molecule has 3 rings (SSSR count). The molecule has 2 fully saturated rings.